The number of benzene rings is 1. The molecular formula is C15H22N2O. The van der Waals surface area contributed by atoms with Gasteiger partial charge in [-0.05, 0) is 37.3 Å². The molecule has 3 nitrogen and oxygen atoms in total. The number of nitrogens with one attached hydrogen (secondary N) is 1. The van der Waals surface area contributed by atoms with Crippen LogP contribution in [0.2, 0.25) is 0 Å². The summed E-state index contributed by atoms with van der Waals surface area (Å²) in [6, 6.07) is 5.95. The van der Waals surface area contributed by atoms with Gasteiger partial charge in [-0.3, -0.25) is 4.79 Å². The monoisotopic (exact) mass is 246 g/mol. The van der Waals surface area contributed by atoms with Crippen molar-refractivity contribution in [3.8, 4) is 0 Å². The Bertz CT molecular complexity index is 456. The molecule has 1 N–H and O–H groups in total. The quantitative estimate of drug-likeness (QED) is 0.886. The van der Waals surface area contributed by atoms with Crippen molar-refractivity contribution in [3.05, 3.63) is 29.3 Å². The van der Waals surface area contributed by atoms with E-state index in [1.165, 1.54) is 6.42 Å². The topological polar surface area (TPSA) is 32.3 Å². The summed E-state index contributed by atoms with van der Waals surface area (Å²) in [5.74, 6) is 1.59. The van der Waals surface area contributed by atoms with E-state index in [9.17, 15) is 4.79 Å². The minimum Gasteiger partial charge on any atom is -0.387 e. The zero-order chi connectivity index (χ0) is 13.3. The van der Waals surface area contributed by atoms with E-state index in [1.54, 1.807) is 0 Å². The first-order valence-corrected chi connectivity index (χ1v) is 6.56. The number of hydrogen-bond donors (Lipinski definition) is 1. The van der Waals surface area contributed by atoms with E-state index in [0.717, 1.165) is 29.3 Å². The second-order valence-corrected chi connectivity index (χ2v) is 5.46. The molecule has 0 aliphatic heterocycles. The fraction of sp³-hybridized carbons (Fsp3) is 0.533. The lowest BCUT2D eigenvalue weighted by molar-refractivity contribution is 0.0788. The zero-order valence-electron chi connectivity index (χ0n) is 11.7. The van der Waals surface area contributed by atoms with Crippen LogP contribution >= 0.6 is 0 Å². The third-order valence-corrected chi connectivity index (χ3v) is 3.81. The first-order valence-electron chi connectivity index (χ1n) is 6.56. The maximum atomic E-state index is 12.4. The van der Waals surface area contributed by atoms with Crippen LogP contribution in [0.3, 0.4) is 0 Å². The second-order valence-electron chi connectivity index (χ2n) is 5.46. The zero-order valence-corrected chi connectivity index (χ0v) is 11.7. The average Bonchev–Trinajstić information content (AvgIpc) is 3.03. The SMILES string of the molecule is CNc1ccc(C)cc1C(=O)N(C)CC1CC1C. The lowest BCUT2D eigenvalue weighted by Gasteiger charge is -2.19. The molecule has 2 rings (SSSR count). The Morgan fingerprint density at radius 3 is 2.72 bits per heavy atom. The molecule has 1 fully saturated rings. The van der Waals surface area contributed by atoms with Crippen molar-refractivity contribution in [2.75, 3.05) is 26.0 Å². The van der Waals surface area contributed by atoms with Crippen molar-refractivity contribution < 1.29 is 4.79 Å². The predicted octanol–water partition coefficient (Wildman–Crippen LogP) is 2.76. The molecule has 2 unspecified atom stereocenters. The van der Waals surface area contributed by atoms with Crippen molar-refractivity contribution in [1.82, 2.24) is 4.90 Å². The second kappa shape index (κ2) is 5.01. The van der Waals surface area contributed by atoms with E-state index in [2.05, 4.69) is 12.2 Å². The van der Waals surface area contributed by atoms with Gasteiger partial charge in [-0.15, -0.1) is 0 Å². The summed E-state index contributed by atoms with van der Waals surface area (Å²) in [5, 5.41) is 3.09. The highest BCUT2D eigenvalue weighted by Gasteiger charge is 2.34. The normalized spacial score (nSPS) is 21.6. The van der Waals surface area contributed by atoms with Crippen LogP contribution in [-0.4, -0.2) is 31.4 Å². The van der Waals surface area contributed by atoms with Crippen molar-refractivity contribution >= 4 is 11.6 Å². The first-order chi connectivity index (χ1) is 8.52. The summed E-state index contributed by atoms with van der Waals surface area (Å²) < 4.78 is 0. The summed E-state index contributed by atoms with van der Waals surface area (Å²) in [6.07, 6.45) is 1.25. The summed E-state index contributed by atoms with van der Waals surface area (Å²) in [5.41, 5.74) is 2.79. The van der Waals surface area contributed by atoms with Crippen molar-refractivity contribution in [2.45, 2.75) is 20.3 Å². The Morgan fingerprint density at radius 2 is 2.17 bits per heavy atom. The summed E-state index contributed by atoms with van der Waals surface area (Å²) in [4.78, 5) is 14.3. The molecule has 1 amide bonds. The van der Waals surface area contributed by atoms with Crippen LogP contribution in [-0.2, 0) is 0 Å². The van der Waals surface area contributed by atoms with E-state index in [0.29, 0.717) is 5.92 Å². The molecule has 18 heavy (non-hydrogen) atoms. The Kier molecular flexibility index (Phi) is 3.60. The fourth-order valence-electron chi connectivity index (χ4n) is 2.35. The van der Waals surface area contributed by atoms with E-state index in [-0.39, 0.29) is 5.91 Å². The molecule has 1 aromatic rings. The molecule has 1 aliphatic carbocycles. The summed E-state index contributed by atoms with van der Waals surface area (Å²) >= 11 is 0. The smallest absolute Gasteiger partial charge is 0.255 e. The van der Waals surface area contributed by atoms with Crippen molar-refractivity contribution in [2.24, 2.45) is 11.8 Å². The standard InChI is InChI=1S/C15H22N2O/c1-10-5-6-14(16-3)13(7-10)15(18)17(4)9-12-8-11(12)2/h5-7,11-12,16H,8-9H2,1-4H3. The van der Waals surface area contributed by atoms with Gasteiger partial charge in [0.25, 0.3) is 5.91 Å². The van der Waals surface area contributed by atoms with E-state index in [1.807, 2.05) is 44.1 Å². The third-order valence-electron chi connectivity index (χ3n) is 3.81. The van der Waals surface area contributed by atoms with Gasteiger partial charge in [0, 0.05) is 26.3 Å². The Labute approximate surface area is 109 Å². The Hall–Kier alpha value is -1.51. The van der Waals surface area contributed by atoms with Gasteiger partial charge >= 0.3 is 0 Å². The molecule has 0 spiro atoms. The van der Waals surface area contributed by atoms with Crippen LogP contribution in [0, 0.1) is 18.8 Å². The summed E-state index contributed by atoms with van der Waals surface area (Å²) in [7, 11) is 3.75. The Balaban J connectivity index is 2.14. The lowest BCUT2D eigenvalue weighted by Crippen LogP contribution is -2.29. The highest BCUT2D eigenvalue weighted by Crippen LogP contribution is 2.38. The number of anilines is 1. The third kappa shape index (κ3) is 2.66. The van der Waals surface area contributed by atoms with Gasteiger partial charge < -0.3 is 10.2 Å². The molecule has 98 valence electrons. The Morgan fingerprint density at radius 1 is 1.50 bits per heavy atom. The van der Waals surface area contributed by atoms with Crippen LogP contribution in [0.25, 0.3) is 0 Å². The van der Waals surface area contributed by atoms with Crippen LogP contribution in [0.5, 0.6) is 0 Å². The largest absolute Gasteiger partial charge is 0.387 e. The number of rotatable bonds is 4. The fourth-order valence-corrected chi connectivity index (χ4v) is 2.35. The number of nitrogens with zero attached hydrogens (tertiary/aromatic N) is 1. The van der Waals surface area contributed by atoms with Crippen molar-refractivity contribution in [3.63, 3.8) is 0 Å². The van der Waals surface area contributed by atoms with Crippen LogP contribution in [0.1, 0.15) is 29.3 Å². The van der Waals surface area contributed by atoms with Crippen LogP contribution in [0.15, 0.2) is 18.2 Å². The number of hydrogen-bond acceptors (Lipinski definition) is 2. The molecule has 0 radical (unpaired) electrons. The van der Waals surface area contributed by atoms with E-state index >= 15 is 0 Å². The van der Waals surface area contributed by atoms with Gasteiger partial charge in [0.15, 0.2) is 0 Å². The molecule has 0 saturated heterocycles. The molecule has 0 heterocycles. The molecule has 2 atom stereocenters. The maximum absolute atomic E-state index is 12.4. The maximum Gasteiger partial charge on any atom is 0.255 e. The van der Waals surface area contributed by atoms with Gasteiger partial charge in [0.1, 0.15) is 0 Å². The van der Waals surface area contributed by atoms with E-state index in [4.69, 9.17) is 0 Å². The van der Waals surface area contributed by atoms with Gasteiger partial charge in [0.05, 0.1) is 5.56 Å². The minimum absolute atomic E-state index is 0.113. The lowest BCUT2D eigenvalue weighted by atomic mass is 10.1. The van der Waals surface area contributed by atoms with Gasteiger partial charge in [0.2, 0.25) is 0 Å². The summed E-state index contributed by atoms with van der Waals surface area (Å²) in [6.45, 7) is 5.13. The molecule has 1 aliphatic rings. The van der Waals surface area contributed by atoms with E-state index < -0.39 is 0 Å². The van der Waals surface area contributed by atoms with Crippen molar-refractivity contribution in [1.29, 1.82) is 0 Å². The number of carbonyl (C=O) groups excluding carboxylic acids is 1. The van der Waals surface area contributed by atoms with Gasteiger partial charge in [-0.25, -0.2) is 0 Å². The van der Waals surface area contributed by atoms with Gasteiger partial charge in [-0.2, -0.15) is 0 Å². The molecular weight excluding hydrogens is 224 g/mol. The van der Waals surface area contributed by atoms with Crippen LogP contribution < -0.4 is 5.32 Å². The number of carbonyl (C=O) groups is 1. The van der Waals surface area contributed by atoms with Gasteiger partial charge in [-0.1, -0.05) is 18.6 Å². The molecule has 1 saturated carbocycles. The molecule has 1 aromatic carbocycles. The van der Waals surface area contributed by atoms with Crippen LogP contribution in [0.4, 0.5) is 5.69 Å². The molecule has 3 heteroatoms. The first kappa shape index (κ1) is 12.9. The highest BCUT2D eigenvalue weighted by molar-refractivity contribution is 5.99. The number of aryl methyl sites for hydroxylation is 1. The number of amides is 1. The molecule has 0 bridgehead atoms. The minimum atomic E-state index is 0.113. The predicted molar refractivity (Wildman–Crippen MR) is 75.0 cm³/mol. The molecule has 0 aromatic heterocycles. The average molecular weight is 246 g/mol. The highest BCUT2D eigenvalue weighted by atomic mass is 16.2.